The number of hydrogen-bond acceptors (Lipinski definition) is 3. The summed E-state index contributed by atoms with van der Waals surface area (Å²) in [7, 11) is 0. The summed E-state index contributed by atoms with van der Waals surface area (Å²) in [6, 6.07) is 9.08. The molecule has 0 aliphatic rings. The van der Waals surface area contributed by atoms with E-state index in [9.17, 15) is 4.79 Å². The minimum atomic E-state index is -0.0807. The highest BCUT2D eigenvalue weighted by atomic mass is 32.1. The van der Waals surface area contributed by atoms with Crippen LogP contribution in [0.2, 0.25) is 0 Å². The molecule has 0 spiro atoms. The maximum Gasteiger partial charge on any atom is 0.265 e. The highest BCUT2D eigenvalue weighted by Crippen LogP contribution is 2.19. The molecule has 0 radical (unpaired) electrons. The highest BCUT2D eigenvalue weighted by molar-refractivity contribution is 7.12. The van der Waals surface area contributed by atoms with Crippen molar-refractivity contribution in [2.24, 2.45) is 0 Å². The predicted molar refractivity (Wildman–Crippen MR) is 67.9 cm³/mol. The van der Waals surface area contributed by atoms with Gasteiger partial charge in [-0.15, -0.1) is 11.3 Å². The molecule has 0 aliphatic carbocycles. The van der Waals surface area contributed by atoms with Crippen molar-refractivity contribution >= 4 is 28.6 Å². The van der Waals surface area contributed by atoms with E-state index in [0.29, 0.717) is 10.6 Å². The fourth-order valence-corrected chi connectivity index (χ4v) is 2.04. The van der Waals surface area contributed by atoms with Crippen LogP contribution in [0.15, 0.2) is 35.7 Å². The topological polar surface area (TPSA) is 55.1 Å². The first-order valence-corrected chi connectivity index (χ1v) is 5.76. The molecular formula is C12H12N2OS. The van der Waals surface area contributed by atoms with Crippen LogP contribution in [0.5, 0.6) is 0 Å². The molecule has 0 saturated carbocycles. The minimum absolute atomic E-state index is 0.0807. The van der Waals surface area contributed by atoms with Gasteiger partial charge in [-0.1, -0.05) is 6.07 Å². The van der Waals surface area contributed by atoms with Crippen molar-refractivity contribution in [2.45, 2.75) is 6.92 Å². The van der Waals surface area contributed by atoms with E-state index in [0.717, 1.165) is 11.3 Å². The average Bonchev–Trinajstić information content (AvgIpc) is 2.75. The maximum atomic E-state index is 11.8. The molecule has 2 rings (SSSR count). The normalized spacial score (nSPS) is 10.1. The lowest BCUT2D eigenvalue weighted by Crippen LogP contribution is -2.11. The molecule has 82 valence electrons. The zero-order valence-electron chi connectivity index (χ0n) is 8.86. The van der Waals surface area contributed by atoms with E-state index in [4.69, 9.17) is 5.73 Å². The molecule has 16 heavy (non-hydrogen) atoms. The molecule has 0 aliphatic heterocycles. The standard InChI is InChI=1S/C12H12N2OS/c1-8-7-9(13)4-5-10(8)14-12(15)11-3-2-6-16-11/h2-7H,13H2,1H3,(H,14,15). The van der Waals surface area contributed by atoms with Crippen molar-refractivity contribution in [2.75, 3.05) is 11.1 Å². The Balaban J connectivity index is 2.18. The molecule has 0 fully saturated rings. The van der Waals surface area contributed by atoms with Crippen LogP contribution in [0.4, 0.5) is 11.4 Å². The van der Waals surface area contributed by atoms with Crippen LogP contribution in [0.25, 0.3) is 0 Å². The lowest BCUT2D eigenvalue weighted by molar-refractivity contribution is 0.103. The zero-order chi connectivity index (χ0) is 11.5. The van der Waals surface area contributed by atoms with Crippen molar-refractivity contribution < 1.29 is 4.79 Å². The van der Waals surface area contributed by atoms with E-state index in [-0.39, 0.29) is 5.91 Å². The summed E-state index contributed by atoms with van der Waals surface area (Å²) < 4.78 is 0. The Kier molecular flexibility index (Phi) is 2.92. The number of hydrogen-bond donors (Lipinski definition) is 2. The average molecular weight is 232 g/mol. The number of nitrogen functional groups attached to an aromatic ring is 1. The van der Waals surface area contributed by atoms with Crippen molar-refractivity contribution in [1.82, 2.24) is 0 Å². The van der Waals surface area contributed by atoms with E-state index >= 15 is 0 Å². The summed E-state index contributed by atoms with van der Waals surface area (Å²) in [5.41, 5.74) is 8.10. The van der Waals surface area contributed by atoms with Crippen molar-refractivity contribution in [3.8, 4) is 0 Å². The van der Waals surface area contributed by atoms with Gasteiger partial charge in [0.2, 0.25) is 0 Å². The quantitative estimate of drug-likeness (QED) is 0.782. The predicted octanol–water partition coefficient (Wildman–Crippen LogP) is 2.89. The smallest absolute Gasteiger partial charge is 0.265 e. The second kappa shape index (κ2) is 4.37. The van der Waals surface area contributed by atoms with Crippen LogP contribution in [-0.4, -0.2) is 5.91 Å². The van der Waals surface area contributed by atoms with Gasteiger partial charge in [-0.3, -0.25) is 4.79 Å². The number of benzene rings is 1. The highest BCUT2D eigenvalue weighted by Gasteiger charge is 2.08. The number of anilines is 2. The van der Waals surface area contributed by atoms with Crippen molar-refractivity contribution in [3.05, 3.63) is 46.2 Å². The van der Waals surface area contributed by atoms with Crippen LogP contribution >= 0.6 is 11.3 Å². The van der Waals surface area contributed by atoms with Crippen LogP contribution in [0.3, 0.4) is 0 Å². The summed E-state index contributed by atoms with van der Waals surface area (Å²) in [5, 5.41) is 4.74. The molecule has 2 aromatic rings. The second-order valence-electron chi connectivity index (χ2n) is 3.51. The van der Waals surface area contributed by atoms with Gasteiger partial charge in [-0.2, -0.15) is 0 Å². The summed E-state index contributed by atoms with van der Waals surface area (Å²) in [6.45, 7) is 1.92. The van der Waals surface area contributed by atoms with Gasteiger partial charge < -0.3 is 11.1 Å². The van der Waals surface area contributed by atoms with Crippen molar-refractivity contribution in [1.29, 1.82) is 0 Å². The third-order valence-electron chi connectivity index (χ3n) is 2.24. The lowest BCUT2D eigenvalue weighted by atomic mass is 10.2. The van der Waals surface area contributed by atoms with Gasteiger partial charge in [-0.25, -0.2) is 0 Å². The molecule has 4 heteroatoms. The van der Waals surface area contributed by atoms with Crippen LogP contribution in [-0.2, 0) is 0 Å². The molecule has 1 amide bonds. The summed E-state index contributed by atoms with van der Waals surface area (Å²) in [4.78, 5) is 12.5. The van der Waals surface area contributed by atoms with Gasteiger partial charge in [0, 0.05) is 11.4 Å². The molecule has 0 saturated heterocycles. The van der Waals surface area contributed by atoms with Crippen LogP contribution in [0.1, 0.15) is 15.2 Å². The molecule has 3 N–H and O–H groups in total. The van der Waals surface area contributed by atoms with Crippen LogP contribution < -0.4 is 11.1 Å². The van der Waals surface area contributed by atoms with E-state index in [1.54, 1.807) is 12.1 Å². The van der Waals surface area contributed by atoms with Gasteiger partial charge in [0.05, 0.1) is 4.88 Å². The first-order chi connectivity index (χ1) is 7.66. The number of thiophene rings is 1. The van der Waals surface area contributed by atoms with Crippen molar-refractivity contribution in [3.63, 3.8) is 0 Å². The number of carbonyl (C=O) groups excluding carboxylic acids is 1. The SMILES string of the molecule is Cc1cc(N)ccc1NC(=O)c1cccs1. The van der Waals surface area contributed by atoms with E-state index in [1.165, 1.54) is 11.3 Å². The molecule has 0 unspecified atom stereocenters. The lowest BCUT2D eigenvalue weighted by Gasteiger charge is -2.07. The Bertz CT molecular complexity index is 506. The number of aryl methyl sites for hydroxylation is 1. The molecule has 1 heterocycles. The third kappa shape index (κ3) is 2.23. The number of nitrogens with one attached hydrogen (secondary N) is 1. The van der Waals surface area contributed by atoms with E-state index in [1.807, 2.05) is 30.5 Å². The molecule has 3 nitrogen and oxygen atoms in total. The molecule has 0 atom stereocenters. The Morgan fingerprint density at radius 2 is 2.19 bits per heavy atom. The van der Waals surface area contributed by atoms with E-state index < -0.39 is 0 Å². The summed E-state index contributed by atoms with van der Waals surface area (Å²) in [6.07, 6.45) is 0. The Hall–Kier alpha value is -1.81. The number of rotatable bonds is 2. The molecule has 1 aromatic heterocycles. The Labute approximate surface area is 97.9 Å². The number of nitrogens with two attached hydrogens (primary N) is 1. The Morgan fingerprint density at radius 1 is 1.38 bits per heavy atom. The third-order valence-corrected chi connectivity index (χ3v) is 3.11. The summed E-state index contributed by atoms with van der Waals surface area (Å²) >= 11 is 1.42. The zero-order valence-corrected chi connectivity index (χ0v) is 9.67. The van der Waals surface area contributed by atoms with Crippen LogP contribution in [0, 0.1) is 6.92 Å². The fourth-order valence-electron chi connectivity index (χ4n) is 1.42. The van der Waals surface area contributed by atoms with Gasteiger partial charge in [-0.05, 0) is 42.1 Å². The molecule has 0 bridgehead atoms. The van der Waals surface area contributed by atoms with E-state index in [2.05, 4.69) is 5.32 Å². The largest absolute Gasteiger partial charge is 0.399 e. The monoisotopic (exact) mass is 232 g/mol. The van der Waals surface area contributed by atoms with Gasteiger partial charge >= 0.3 is 0 Å². The van der Waals surface area contributed by atoms with Gasteiger partial charge in [0.25, 0.3) is 5.91 Å². The summed E-state index contributed by atoms with van der Waals surface area (Å²) in [5.74, 6) is -0.0807. The minimum Gasteiger partial charge on any atom is -0.399 e. The first kappa shape index (κ1) is 10.7. The number of amides is 1. The Morgan fingerprint density at radius 3 is 2.81 bits per heavy atom. The van der Waals surface area contributed by atoms with Gasteiger partial charge in [0.1, 0.15) is 0 Å². The number of carbonyl (C=O) groups is 1. The second-order valence-corrected chi connectivity index (χ2v) is 4.45. The molecule has 1 aromatic carbocycles. The molecular weight excluding hydrogens is 220 g/mol. The fraction of sp³-hybridized carbons (Fsp3) is 0.0833. The first-order valence-electron chi connectivity index (χ1n) is 4.88. The maximum absolute atomic E-state index is 11.8. The van der Waals surface area contributed by atoms with Gasteiger partial charge in [0.15, 0.2) is 0 Å².